The number of hydrogen-bond donors (Lipinski definition) is 1. The van der Waals surface area contributed by atoms with E-state index in [-0.39, 0.29) is 12.4 Å². The number of anilines is 1. The van der Waals surface area contributed by atoms with Crippen molar-refractivity contribution in [3.8, 4) is 5.75 Å². The van der Waals surface area contributed by atoms with E-state index in [4.69, 9.17) is 16.3 Å². The predicted octanol–water partition coefficient (Wildman–Crippen LogP) is 4.75. The summed E-state index contributed by atoms with van der Waals surface area (Å²) in [7, 11) is 0. The number of hydrogen-bond acceptors (Lipinski definition) is 5. The second-order valence-electron chi connectivity index (χ2n) is 8.85. The van der Waals surface area contributed by atoms with Gasteiger partial charge in [-0.3, -0.25) is 9.69 Å². The monoisotopic (exact) mass is 478 g/mol. The lowest BCUT2D eigenvalue weighted by molar-refractivity contribution is 0.0663. The molecular formula is C28H31ClN2O3. The van der Waals surface area contributed by atoms with E-state index in [1.807, 2.05) is 0 Å². The van der Waals surface area contributed by atoms with Crippen LogP contribution >= 0.6 is 11.6 Å². The molecule has 5 nitrogen and oxygen atoms in total. The van der Waals surface area contributed by atoms with E-state index in [9.17, 15) is 9.90 Å². The predicted molar refractivity (Wildman–Crippen MR) is 137 cm³/mol. The van der Waals surface area contributed by atoms with Gasteiger partial charge >= 0.3 is 0 Å². The first-order valence-electron chi connectivity index (χ1n) is 11.7. The zero-order valence-corrected chi connectivity index (χ0v) is 20.5. The van der Waals surface area contributed by atoms with Crippen LogP contribution in [0.2, 0.25) is 5.02 Å². The van der Waals surface area contributed by atoms with Crippen molar-refractivity contribution in [2.24, 2.45) is 0 Å². The van der Waals surface area contributed by atoms with Crippen molar-refractivity contribution in [2.75, 3.05) is 44.2 Å². The first-order chi connectivity index (χ1) is 16.4. The van der Waals surface area contributed by atoms with Gasteiger partial charge in [-0.05, 0) is 73.5 Å². The van der Waals surface area contributed by atoms with Crippen LogP contribution in [0, 0.1) is 13.8 Å². The molecule has 34 heavy (non-hydrogen) atoms. The van der Waals surface area contributed by atoms with Crippen LogP contribution in [0.3, 0.4) is 0 Å². The molecule has 0 radical (unpaired) electrons. The number of halogens is 1. The van der Waals surface area contributed by atoms with E-state index in [0.29, 0.717) is 28.4 Å². The maximum Gasteiger partial charge on any atom is 0.193 e. The van der Waals surface area contributed by atoms with Crippen LogP contribution in [-0.2, 0) is 0 Å². The number of nitrogens with zero attached hydrogens (tertiary/aromatic N) is 2. The first kappa shape index (κ1) is 24.3. The van der Waals surface area contributed by atoms with E-state index in [2.05, 4.69) is 41.8 Å². The van der Waals surface area contributed by atoms with Crippen molar-refractivity contribution in [3.05, 3.63) is 94.0 Å². The molecule has 1 aliphatic rings. The average Bonchev–Trinajstić information content (AvgIpc) is 2.84. The van der Waals surface area contributed by atoms with E-state index >= 15 is 0 Å². The summed E-state index contributed by atoms with van der Waals surface area (Å²) in [6.07, 6.45) is -0.581. The zero-order valence-electron chi connectivity index (χ0n) is 19.7. The van der Waals surface area contributed by atoms with Gasteiger partial charge in [-0.2, -0.15) is 0 Å². The van der Waals surface area contributed by atoms with Gasteiger partial charge in [0, 0.05) is 54.6 Å². The number of rotatable bonds is 8. The van der Waals surface area contributed by atoms with Crippen LogP contribution in [0.25, 0.3) is 0 Å². The number of para-hydroxylation sites is 1. The van der Waals surface area contributed by atoms with Crippen LogP contribution in [0.15, 0.2) is 66.7 Å². The van der Waals surface area contributed by atoms with Crippen LogP contribution < -0.4 is 9.64 Å². The third kappa shape index (κ3) is 5.98. The molecule has 178 valence electrons. The molecule has 1 atom stereocenters. The molecule has 1 aliphatic heterocycles. The van der Waals surface area contributed by atoms with Crippen LogP contribution in [0.5, 0.6) is 5.75 Å². The van der Waals surface area contributed by atoms with Crippen molar-refractivity contribution in [3.63, 3.8) is 0 Å². The molecule has 0 saturated carbocycles. The second-order valence-corrected chi connectivity index (χ2v) is 9.29. The van der Waals surface area contributed by atoms with Gasteiger partial charge in [0.2, 0.25) is 0 Å². The first-order valence-corrected chi connectivity index (χ1v) is 12.0. The molecule has 3 aromatic rings. The summed E-state index contributed by atoms with van der Waals surface area (Å²) in [5, 5.41) is 11.1. The summed E-state index contributed by atoms with van der Waals surface area (Å²) in [4.78, 5) is 17.3. The van der Waals surface area contributed by atoms with Crippen LogP contribution in [-0.4, -0.2) is 61.2 Å². The Morgan fingerprint density at radius 1 is 0.912 bits per heavy atom. The molecule has 0 amide bonds. The minimum atomic E-state index is -0.581. The number of aryl methyl sites for hydroxylation is 2. The number of ketones is 1. The maximum absolute atomic E-state index is 12.6. The Balaban J connectivity index is 1.23. The Bertz CT molecular complexity index is 1090. The van der Waals surface area contributed by atoms with Gasteiger partial charge in [-0.15, -0.1) is 0 Å². The summed E-state index contributed by atoms with van der Waals surface area (Å²) < 4.78 is 5.77. The Kier molecular flexibility index (Phi) is 7.88. The van der Waals surface area contributed by atoms with Gasteiger partial charge in [-0.25, -0.2) is 0 Å². The Hall–Kier alpha value is -2.86. The number of benzene rings is 3. The number of ether oxygens (including phenoxy) is 1. The Morgan fingerprint density at radius 2 is 1.47 bits per heavy atom. The number of piperazine rings is 1. The number of carbonyl (C=O) groups is 1. The topological polar surface area (TPSA) is 53.0 Å². The zero-order chi connectivity index (χ0) is 24.1. The summed E-state index contributed by atoms with van der Waals surface area (Å²) in [5.41, 5.74) is 5.12. The molecule has 1 saturated heterocycles. The van der Waals surface area contributed by atoms with Gasteiger partial charge in [0.1, 0.15) is 18.5 Å². The molecular weight excluding hydrogens is 448 g/mol. The Labute approximate surface area is 206 Å². The van der Waals surface area contributed by atoms with Crippen molar-refractivity contribution in [2.45, 2.75) is 20.0 Å². The summed E-state index contributed by atoms with van der Waals surface area (Å²) in [6.45, 7) is 8.82. The fourth-order valence-electron chi connectivity index (χ4n) is 4.47. The fourth-order valence-corrected chi connectivity index (χ4v) is 4.60. The van der Waals surface area contributed by atoms with E-state index in [1.165, 1.54) is 16.8 Å². The normalized spacial score (nSPS) is 15.2. The molecule has 4 rings (SSSR count). The highest BCUT2D eigenvalue weighted by molar-refractivity contribution is 6.30. The van der Waals surface area contributed by atoms with Crippen molar-refractivity contribution in [1.29, 1.82) is 0 Å². The molecule has 0 aromatic heterocycles. The van der Waals surface area contributed by atoms with E-state index < -0.39 is 6.10 Å². The minimum absolute atomic E-state index is 0.0664. The summed E-state index contributed by atoms with van der Waals surface area (Å²) in [6, 6.07) is 20.3. The highest BCUT2D eigenvalue weighted by Crippen LogP contribution is 2.25. The quantitative estimate of drug-likeness (QED) is 0.473. The third-order valence-corrected chi connectivity index (χ3v) is 6.51. The largest absolute Gasteiger partial charge is 0.491 e. The molecule has 1 fully saturated rings. The minimum Gasteiger partial charge on any atom is -0.491 e. The molecule has 1 heterocycles. The molecule has 6 heteroatoms. The van der Waals surface area contributed by atoms with Crippen LogP contribution in [0.4, 0.5) is 5.69 Å². The molecule has 0 spiro atoms. The third-order valence-electron chi connectivity index (χ3n) is 6.26. The highest BCUT2D eigenvalue weighted by Gasteiger charge is 2.21. The van der Waals surface area contributed by atoms with Gasteiger partial charge in [0.25, 0.3) is 0 Å². The van der Waals surface area contributed by atoms with E-state index in [1.54, 1.807) is 48.5 Å². The fraction of sp³-hybridized carbons (Fsp3) is 0.321. The highest BCUT2D eigenvalue weighted by atomic mass is 35.5. The second kappa shape index (κ2) is 11.0. The van der Waals surface area contributed by atoms with Crippen molar-refractivity contribution >= 4 is 23.1 Å². The molecule has 3 aromatic carbocycles. The lowest BCUT2D eigenvalue weighted by atomic mass is 10.0. The van der Waals surface area contributed by atoms with Crippen molar-refractivity contribution < 1.29 is 14.6 Å². The van der Waals surface area contributed by atoms with Gasteiger partial charge in [-0.1, -0.05) is 29.8 Å². The van der Waals surface area contributed by atoms with Gasteiger partial charge in [0.05, 0.1) is 0 Å². The maximum atomic E-state index is 12.6. The number of β-amino-alcohol motifs (C(OH)–C–C–N with tert-alkyl or cyclic N) is 1. The van der Waals surface area contributed by atoms with Crippen molar-refractivity contribution in [1.82, 2.24) is 4.90 Å². The number of aliphatic hydroxyl groups excluding tert-OH is 1. The lowest BCUT2D eigenvalue weighted by Gasteiger charge is -2.38. The molecule has 0 unspecified atom stereocenters. The van der Waals surface area contributed by atoms with E-state index in [0.717, 1.165) is 26.2 Å². The van der Waals surface area contributed by atoms with Crippen LogP contribution in [0.1, 0.15) is 27.0 Å². The smallest absolute Gasteiger partial charge is 0.193 e. The summed E-state index contributed by atoms with van der Waals surface area (Å²) >= 11 is 5.89. The average molecular weight is 479 g/mol. The Morgan fingerprint density at radius 3 is 2.06 bits per heavy atom. The lowest BCUT2D eigenvalue weighted by Crippen LogP contribution is -2.49. The van der Waals surface area contributed by atoms with Gasteiger partial charge < -0.3 is 14.7 Å². The number of carbonyl (C=O) groups excluding carboxylic acids is 1. The van der Waals surface area contributed by atoms with Gasteiger partial charge in [0.15, 0.2) is 5.78 Å². The SMILES string of the molecule is Cc1cccc(C)c1N1CCN(C[C@H](O)COc2ccc(C(=O)c3ccc(Cl)cc3)cc2)CC1. The molecule has 0 bridgehead atoms. The summed E-state index contributed by atoms with van der Waals surface area (Å²) in [5.74, 6) is 0.565. The molecule has 0 aliphatic carbocycles. The molecule has 1 N–H and O–H groups in total. The standard InChI is InChI=1S/C28H31ClN2O3/c1-20-4-3-5-21(2)27(20)31-16-14-30(15-17-31)18-25(32)19-34-26-12-8-23(9-13-26)28(33)22-6-10-24(29)11-7-22/h3-13,25,32H,14-19H2,1-2H3/t25-/m0/s1. The number of aliphatic hydroxyl groups is 1.